The Morgan fingerprint density at radius 1 is 1.14 bits per heavy atom. The van der Waals surface area contributed by atoms with Crippen molar-refractivity contribution in [1.82, 2.24) is 4.98 Å². The van der Waals surface area contributed by atoms with Crippen molar-refractivity contribution >= 4 is 15.9 Å². The van der Waals surface area contributed by atoms with Crippen LogP contribution < -0.4 is 0 Å². The molecule has 0 N–H and O–H groups in total. The molecule has 1 nitrogen and oxygen atoms in total. The number of halogens is 1. The molecule has 0 bridgehead atoms. The summed E-state index contributed by atoms with van der Waals surface area (Å²) in [7, 11) is 0. The highest BCUT2D eigenvalue weighted by molar-refractivity contribution is 9.10. The third-order valence-electron chi connectivity index (χ3n) is 2.11. The van der Waals surface area contributed by atoms with Gasteiger partial charge in [0, 0.05) is 16.2 Å². The monoisotopic (exact) mass is 247 g/mol. The van der Waals surface area contributed by atoms with E-state index >= 15 is 0 Å². The van der Waals surface area contributed by atoms with Crippen molar-refractivity contribution in [2.75, 3.05) is 0 Å². The van der Waals surface area contributed by atoms with Gasteiger partial charge in [0.25, 0.3) is 0 Å². The number of aromatic nitrogens is 1. The lowest BCUT2D eigenvalue weighted by molar-refractivity contribution is 1.25. The first-order valence-corrected chi connectivity index (χ1v) is 5.24. The molecule has 0 fully saturated rings. The molecule has 2 rings (SSSR count). The quantitative estimate of drug-likeness (QED) is 0.747. The first-order chi connectivity index (χ1) is 6.77. The number of hydrogen-bond donors (Lipinski definition) is 0. The van der Waals surface area contributed by atoms with Gasteiger partial charge in [-0.1, -0.05) is 46.3 Å². The summed E-state index contributed by atoms with van der Waals surface area (Å²) >= 11 is 3.50. The van der Waals surface area contributed by atoms with Crippen LogP contribution in [0.15, 0.2) is 47.1 Å². The molecule has 70 valence electrons. The minimum Gasteiger partial charge on any atom is -0.256 e. The summed E-state index contributed by atoms with van der Waals surface area (Å²) in [4.78, 5) is 4.38. The van der Waals surface area contributed by atoms with Crippen LogP contribution >= 0.6 is 15.9 Å². The number of pyridine rings is 1. The number of aryl methyl sites for hydroxylation is 1. The van der Waals surface area contributed by atoms with Gasteiger partial charge in [0.05, 0.1) is 5.69 Å². The highest BCUT2D eigenvalue weighted by Gasteiger charge is 2.00. The summed E-state index contributed by atoms with van der Waals surface area (Å²) in [5, 5.41) is 0. The van der Waals surface area contributed by atoms with E-state index < -0.39 is 0 Å². The lowest BCUT2D eigenvalue weighted by atomic mass is 10.1. The van der Waals surface area contributed by atoms with Crippen LogP contribution in [0.4, 0.5) is 0 Å². The van der Waals surface area contributed by atoms with Gasteiger partial charge < -0.3 is 0 Å². The van der Waals surface area contributed by atoms with E-state index in [0.29, 0.717) is 0 Å². The fourth-order valence-corrected chi connectivity index (χ4v) is 1.59. The lowest BCUT2D eigenvalue weighted by Gasteiger charge is -2.02. The number of rotatable bonds is 1. The zero-order chi connectivity index (χ0) is 9.97. The van der Waals surface area contributed by atoms with Crippen LogP contribution in [0.25, 0.3) is 11.3 Å². The minimum atomic E-state index is 1.00. The van der Waals surface area contributed by atoms with Crippen molar-refractivity contribution in [2.45, 2.75) is 6.92 Å². The average molecular weight is 248 g/mol. The molecule has 0 saturated carbocycles. The fourth-order valence-electron chi connectivity index (χ4n) is 1.27. The molecule has 0 spiro atoms. The number of hydrogen-bond acceptors (Lipinski definition) is 1. The molecule has 0 aliphatic heterocycles. The molecular weight excluding hydrogens is 238 g/mol. The summed E-state index contributed by atoms with van der Waals surface area (Å²) in [6.07, 6.45) is 1.88. The van der Waals surface area contributed by atoms with Crippen molar-refractivity contribution in [2.24, 2.45) is 0 Å². The number of benzene rings is 1. The standard InChI is InChI=1S/C12H10BrN/c1-9-8-14-12(7-11(9)13)10-5-3-2-4-6-10/h2-8H,1H3. The molecule has 1 aromatic heterocycles. The Hall–Kier alpha value is -1.15. The van der Waals surface area contributed by atoms with Gasteiger partial charge in [0.1, 0.15) is 0 Å². The van der Waals surface area contributed by atoms with Crippen molar-refractivity contribution in [3.05, 3.63) is 52.6 Å². The molecular formula is C12H10BrN. The molecule has 2 heteroatoms. The van der Waals surface area contributed by atoms with Crippen LogP contribution in [0.2, 0.25) is 0 Å². The van der Waals surface area contributed by atoms with Crippen molar-refractivity contribution in [1.29, 1.82) is 0 Å². The molecule has 0 amide bonds. The maximum atomic E-state index is 4.38. The van der Waals surface area contributed by atoms with Gasteiger partial charge in [-0.05, 0) is 18.6 Å². The Kier molecular flexibility index (Phi) is 2.64. The predicted molar refractivity (Wildman–Crippen MR) is 62.1 cm³/mol. The summed E-state index contributed by atoms with van der Waals surface area (Å²) < 4.78 is 1.10. The molecule has 2 aromatic rings. The normalized spacial score (nSPS) is 10.1. The third-order valence-corrected chi connectivity index (χ3v) is 2.96. The zero-order valence-corrected chi connectivity index (χ0v) is 9.45. The van der Waals surface area contributed by atoms with Crippen LogP contribution in [0.3, 0.4) is 0 Å². The lowest BCUT2D eigenvalue weighted by Crippen LogP contribution is -1.85. The van der Waals surface area contributed by atoms with Gasteiger partial charge in [-0.3, -0.25) is 4.98 Å². The van der Waals surface area contributed by atoms with Crippen LogP contribution in [-0.4, -0.2) is 4.98 Å². The van der Waals surface area contributed by atoms with Gasteiger partial charge in [-0.2, -0.15) is 0 Å². The van der Waals surface area contributed by atoms with Gasteiger partial charge >= 0.3 is 0 Å². The second-order valence-corrected chi connectivity index (χ2v) is 4.04. The molecule has 0 atom stereocenters. The molecule has 0 saturated heterocycles. The van der Waals surface area contributed by atoms with E-state index in [9.17, 15) is 0 Å². The maximum absolute atomic E-state index is 4.38. The summed E-state index contributed by atoms with van der Waals surface area (Å²) in [6.45, 7) is 2.03. The Balaban J connectivity index is 2.48. The van der Waals surface area contributed by atoms with E-state index in [1.54, 1.807) is 0 Å². The Morgan fingerprint density at radius 3 is 2.50 bits per heavy atom. The van der Waals surface area contributed by atoms with Gasteiger partial charge in [0.15, 0.2) is 0 Å². The Morgan fingerprint density at radius 2 is 1.86 bits per heavy atom. The van der Waals surface area contributed by atoms with Gasteiger partial charge in [0.2, 0.25) is 0 Å². The van der Waals surface area contributed by atoms with Gasteiger partial charge in [-0.15, -0.1) is 0 Å². The van der Waals surface area contributed by atoms with Crippen molar-refractivity contribution in [3.8, 4) is 11.3 Å². The smallest absolute Gasteiger partial charge is 0.0713 e. The first-order valence-electron chi connectivity index (χ1n) is 4.45. The number of nitrogens with zero attached hydrogens (tertiary/aromatic N) is 1. The summed E-state index contributed by atoms with van der Waals surface area (Å²) in [5.74, 6) is 0. The largest absolute Gasteiger partial charge is 0.256 e. The van der Waals surface area contributed by atoms with E-state index in [0.717, 1.165) is 21.3 Å². The highest BCUT2D eigenvalue weighted by atomic mass is 79.9. The molecule has 14 heavy (non-hydrogen) atoms. The van der Waals surface area contributed by atoms with Crippen LogP contribution in [0.1, 0.15) is 5.56 Å². The van der Waals surface area contributed by atoms with Gasteiger partial charge in [-0.25, -0.2) is 0 Å². The zero-order valence-electron chi connectivity index (χ0n) is 7.87. The SMILES string of the molecule is Cc1cnc(-c2ccccc2)cc1Br. The molecule has 0 aliphatic rings. The van der Waals surface area contributed by atoms with E-state index in [2.05, 4.69) is 33.0 Å². The Labute approximate surface area is 91.9 Å². The fraction of sp³-hybridized carbons (Fsp3) is 0.0833. The van der Waals surface area contributed by atoms with E-state index in [1.165, 1.54) is 0 Å². The molecule has 1 aromatic carbocycles. The maximum Gasteiger partial charge on any atom is 0.0713 e. The summed E-state index contributed by atoms with van der Waals surface area (Å²) in [5.41, 5.74) is 3.31. The average Bonchev–Trinajstić information content (AvgIpc) is 2.23. The summed E-state index contributed by atoms with van der Waals surface area (Å²) in [6, 6.07) is 12.2. The predicted octanol–water partition coefficient (Wildman–Crippen LogP) is 3.82. The van der Waals surface area contributed by atoms with Crippen molar-refractivity contribution < 1.29 is 0 Å². The highest BCUT2D eigenvalue weighted by Crippen LogP contribution is 2.22. The molecule has 0 radical (unpaired) electrons. The van der Waals surface area contributed by atoms with Crippen molar-refractivity contribution in [3.63, 3.8) is 0 Å². The second-order valence-electron chi connectivity index (χ2n) is 3.18. The first kappa shape index (κ1) is 9.41. The van der Waals surface area contributed by atoms with E-state index in [1.807, 2.05) is 37.4 Å². The topological polar surface area (TPSA) is 12.9 Å². The molecule has 0 aliphatic carbocycles. The van der Waals surface area contributed by atoms with Crippen LogP contribution in [0, 0.1) is 6.92 Å². The minimum absolute atomic E-state index is 1.00. The second kappa shape index (κ2) is 3.93. The van der Waals surface area contributed by atoms with E-state index in [-0.39, 0.29) is 0 Å². The Bertz CT molecular complexity index is 437. The van der Waals surface area contributed by atoms with Crippen LogP contribution in [0.5, 0.6) is 0 Å². The molecule has 1 heterocycles. The molecule has 0 unspecified atom stereocenters. The van der Waals surface area contributed by atoms with Crippen LogP contribution in [-0.2, 0) is 0 Å². The van der Waals surface area contributed by atoms with E-state index in [4.69, 9.17) is 0 Å². The third kappa shape index (κ3) is 1.85.